The second-order valence-corrected chi connectivity index (χ2v) is 7.25. The molecule has 3 rings (SSSR count). The Morgan fingerprint density at radius 2 is 1.91 bits per heavy atom. The van der Waals surface area contributed by atoms with Crippen molar-refractivity contribution in [1.29, 1.82) is 0 Å². The zero-order chi connectivity index (χ0) is 16.4. The van der Waals surface area contributed by atoms with Crippen LogP contribution in [0.15, 0.2) is 35.5 Å². The van der Waals surface area contributed by atoms with Crippen LogP contribution in [0.5, 0.6) is 0 Å². The molecule has 1 aromatic heterocycles. The fourth-order valence-electron chi connectivity index (χ4n) is 2.53. The molecule has 1 heterocycles. The molecule has 0 aliphatic heterocycles. The number of hydrogen-bond donors (Lipinski definition) is 1. The molecule has 0 radical (unpaired) electrons. The van der Waals surface area contributed by atoms with Gasteiger partial charge in [-0.05, 0) is 43.5 Å². The molecule has 0 bridgehead atoms. The molecule has 0 saturated heterocycles. The number of fused-ring (bicyclic) bond motifs is 1. The Hall–Kier alpha value is -2.35. The summed E-state index contributed by atoms with van der Waals surface area (Å²) in [6.07, 6.45) is 3.88. The van der Waals surface area contributed by atoms with Crippen molar-refractivity contribution in [2.45, 2.75) is 24.2 Å². The van der Waals surface area contributed by atoms with Crippen LogP contribution >= 0.6 is 0 Å². The number of rotatable bonds is 4. The summed E-state index contributed by atoms with van der Waals surface area (Å²) in [5.74, 6) is -1.57. The SMILES string of the molecule is O=C(CS(=O)(=O)c1ccc(F)cc1)Nc1ncnc2c1CCC2. The third kappa shape index (κ3) is 3.37. The highest BCUT2D eigenvalue weighted by Gasteiger charge is 2.22. The standard InChI is InChI=1S/C15H14FN3O3S/c16-10-4-6-11(7-5-10)23(21,22)8-14(20)19-15-12-2-1-3-13(12)17-9-18-15/h4-7,9H,1-3,8H2,(H,17,18,19,20). The minimum atomic E-state index is -3.83. The van der Waals surface area contributed by atoms with Crippen molar-refractivity contribution in [3.05, 3.63) is 47.7 Å². The van der Waals surface area contributed by atoms with E-state index in [1.165, 1.54) is 6.33 Å². The molecule has 0 unspecified atom stereocenters. The van der Waals surface area contributed by atoms with Gasteiger partial charge in [0.05, 0.1) is 4.90 Å². The van der Waals surface area contributed by atoms with Crippen LogP contribution in [0.2, 0.25) is 0 Å². The largest absolute Gasteiger partial charge is 0.309 e. The summed E-state index contributed by atoms with van der Waals surface area (Å²) in [6, 6.07) is 4.37. The van der Waals surface area contributed by atoms with Crippen molar-refractivity contribution in [3.63, 3.8) is 0 Å². The van der Waals surface area contributed by atoms with E-state index < -0.39 is 27.3 Å². The number of carbonyl (C=O) groups excluding carboxylic acids is 1. The quantitative estimate of drug-likeness (QED) is 0.856. The maximum Gasteiger partial charge on any atom is 0.241 e. The number of nitrogens with zero attached hydrogens (tertiary/aromatic N) is 2. The molecule has 1 aromatic carbocycles. The van der Waals surface area contributed by atoms with Crippen molar-refractivity contribution >= 4 is 21.6 Å². The van der Waals surface area contributed by atoms with Gasteiger partial charge in [-0.1, -0.05) is 0 Å². The predicted octanol–water partition coefficient (Wildman–Crippen LogP) is 1.52. The molecule has 0 saturated carbocycles. The second-order valence-electron chi connectivity index (χ2n) is 5.26. The molecule has 8 heteroatoms. The van der Waals surface area contributed by atoms with Gasteiger partial charge in [-0.15, -0.1) is 0 Å². The van der Waals surface area contributed by atoms with E-state index in [2.05, 4.69) is 15.3 Å². The smallest absolute Gasteiger partial charge is 0.241 e. The van der Waals surface area contributed by atoms with Crippen LogP contribution in [-0.2, 0) is 27.5 Å². The van der Waals surface area contributed by atoms with Gasteiger partial charge in [0.2, 0.25) is 5.91 Å². The number of hydrogen-bond acceptors (Lipinski definition) is 5. The van der Waals surface area contributed by atoms with Crippen LogP contribution in [-0.4, -0.2) is 30.0 Å². The van der Waals surface area contributed by atoms with E-state index in [9.17, 15) is 17.6 Å². The first kappa shape index (κ1) is 15.5. The van der Waals surface area contributed by atoms with Gasteiger partial charge in [0.25, 0.3) is 0 Å². The van der Waals surface area contributed by atoms with Gasteiger partial charge in [0.15, 0.2) is 9.84 Å². The third-order valence-corrected chi connectivity index (χ3v) is 5.26. The van der Waals surface area contributed by atoms with Crippen LogP contribution in [0.25, 0.3) is 0 Å². The highest BCUT2D eigenvalue weighted by molar-refractivity contribution is 7.92. The van der Waals surface area contributed by atoms with E-state index in [4.69, 9.17) is 0 Å². The van der Waals surface area contributed by atoms with E-state index in [0.29, 0.717) is 5.82 Å². The molecule has 120 valence electrons. The monoisotopic (exact) mass is 335 g/mol. The Labute approximate surface area is 132 Å². The minimum absolute atomic E-state index is 0.0954. The van der Waals surface area contributed by atoms with Gasteiger partial charge >= 0.3 is 0 Å². The summed E-state index contributed by atoms with van der Waals surface area (Å²) >= 11 is 0. The number of aryl methyl sites for hydroxylation is 1. The highest BCUT2D eigenvalue weighted by Crippen LogP contribution is 2.25. The van der Waals surface area contributed by atoms with Gasteiger partial charge in [-0.3, -0.25) is 4.79 Å². The first-order chi connectivity index (χ1) is 11.0. The molecule has 23 heavy (non-hydrogen) atoms. The Morgan fingerprint density at radius 3 is 2.65 bits per heavy atom. The normalized spacial score (nSPS) is 13.6. The molecule has 0 spiro atoms. The molecule has 1 amide bonds. The summed E-state index contributed by atoms with van der Waals surface area (Å²) < 4.78 is 37.2. The number of nitrogens with one attached hydrogen (secondary N) is 1. The van der Waals surface area contributed by atoms with E-state index in [0.717, 1.165) is 54.8 Å². The molecule has 0 atom stereocenters. The molecular weight excluding hydrogens is 321 g/mol. The van der Waals surface area contributed by atoms with Crippen LogP contribution in [0, 0.1) is 5.82 Å². The predicted molar refractivity (Wildman–Crippen MR) is 81.1 cm³/mol. The lowest BCUT2D eigenvalue weighted by Crippen LogP contribution is -2.24. The Bertz CT molecular complexity index is 851. The number of halogens is 1. The molecule has 0 fully saturated rings. The number of anilines is 1. The fraction of sp³-hybridized carbons (Fsp3) is 0.267. The summed E-state index contributed by atoms with van der Waals surface area (Å²) in [4.78, 5) is 20.1. The fourth-order valence-corrected chi connectivity index (χ4v) is 3.67. The maximum absolute atomic E-state index is 12.9. The van der Waals surface area contributed by atoms with E-state index in [1.54, 1.807) is 0 Å². The van der Waals surface area contributed by atoms with Crippen molar-refractivity contribution in [2.24, 2.45) is 0 Å². The summed E-state index contributed by atoms with van der Waals surface area (Å²) in [6.45, 7) is 0. The first-order valence-electron chi connectivity index (χ1n) is 7.06. The Balaban J connectivity index is 1.75. The van der Waals surface area contributed by atoms with Gasteiger partial charge < -0.3 is 5.32 Å². The van der Waals surface area contributed by atoms with Gasteiger partial charge in [0.1, 0.15) is 23.7 Å². The molecule has 6 nitrogen and oxygen atoms in total. The van der Waals surface area contributed by atoms with Crippen LogP contribution in [0.4, 0.5) is 10.2 Å². The average molecular weight is 335 g/mol. The van der Waals surface area contributed by atoms with Crippen molar-refractivity contribution in [3.8, 4) is 0 Å². The average Bonchev–Trinajstić information content (AvgIpc) is 2.96. The lowest BCUT2D eigenvalue weighted by atomic mass is 10.2. The number of carbonyl (C=O) groups is 1. The van der Waals surface area contributed by atoms with Crippen LogP contribution < -0.4 is 5.32 Å². The van der Waals surface area contributed by atoms with Crippen molar-refractivity contribution in [2.75, 3.05) is 11.1 Å². The molecule has 1 N–H and O–H groups in total. The molecular formula is C15H14FN3O3S. The van der Waals surface area contributed by atoms with E-state index in [-0.39, 0.29) is 4.90 Å². The molecule has 1 aliphatic carbocycles. The van der Waals surface area contributed by atoms with Crippen LogP contribution in [0.1, 0.15) is 17.7 Å². The number of amides is 1. The summed E-state index contributed by atoms with van der Waals surface area (Å²) in [7, 11) is -3.83. The Morgan fingerprint density at radius 1 is 1.17 bits per heavy atom. The maximum atomic E-state index is 12.9. The topological polar surface area (TPSA) is 89.0 Å². The number of aromatic nitrogens is 2. The Kier molecular flexibility index (Phi) is 4.08. The lowest BCUT2D eigenvalue weighted by Gasteiger charge is -2.09. The summed E-state index contributed by atoms with van der Waals surface area (Å²) in [5.41, 5.74) is 1.75. The van der Waals surface area contributed by atoms with Crippen LogP contribution in [0.3, 0.4) is 0 Å². The van der Waals surface area contributed by atoms with E-state index >= 15 is 0 Å². The number of benzene rings is 1. The van der Waals surface area contributed by atoms with Gasteiger partial charge in [-0.2, -0.15) is 0 Å². The second kappa shape index (κ2) is 6.04. The molecule has 2 aromatic rings. The zero-order valence-corrected chi connectivity index (χ0v) is 12.9. The van der Waals surface area contributed by atoms with Gasteiger partial charge in [0, 0.05) is 11.3 Å². The van der Waals surface area contributed by atoms with E-state index in [1.807, 2.05) is 0 Å². The van der Waals surface area contributed by atoms with Crippen molar-refractivity contribution in [1.82, 2.24) is 9.97 Å². The highest BCUT2D eigenvalue weighted by atomic mass is 32.2. The first-order valence-corrected chi connectivity index (χ1v) is 8.72. The minimum Gasteiger partial charge on any atom is -0.309 e. The zero-order valence-electron chi connectivity index (χ0n) is 12.1. The van der Waals surface area contributed by atoms with Gasteiger partial charge in [-0.25, -0.2) is 22.8 Å². The number of sulfone groups is 1. The third-order valence-electron chi connectivity index (χ3n) is 3.63. The molecule has 1 aliphatic rings. The summed E-state index contributed by atoms with van der Waals surface area (Å²) in [5, 5.41) is 2.54. The van der Waals surface area contributed by atoms with Crippen molar-refractivity contribution < 1.29 is 17.6 Å². The lowest BCUT2D eigenvalue weighted by molar-refractivity contribution is -0.113.